The Morgan fingerprint density at radius 1 is 1.56 bits per heavy atom. The Labute approximate surface area is 107 Å². The van der Waals surface area contributed by atoms with Crippen molar-refractivity contribution in [3.05, 3.63) is 29.5 Å². The summed E-state index contributed by atoms with van der Waals surface area (Å²) >= 11 is 0. The summed E-state index contributed by atoms with van der Waals surface area (Å²) in [6.07, 6.45) is 6.29. The first-order chi connectivity index (χ1) is 8.72. The van der Waals surface area contributed by atoms with Crippen LogP contribution in [0, 0.1) is 0 Å². The number of ether oxygens (including phenoxy) is 1. The largest absolute Gasteiger partial charge is 0.481 e. The predicted octanol–water partition coefficient (Wildman–Crippen LogP) is 1.94. The lowest BCUT2D eigenvalue weighted by molar-refractivity contribution is -0.119. The van der Waals surface area contributed by atoms with Gasteiger partial charge in [-0.25, -0.2) is 4.98 Å². The zero-order valence-electron chi connectivity index (χ0n) is 10.8. The third kappa shape index (κ3) is 2.88. The molecular formula is C14H18N2O2. The quantitative estimate of drug-likeness (QED) is 0.883. The van der Waals surface area contributed by atoms with Gasteiger partial charge in [-0.15, -0.1) is 0 Å². The Morgan fingerprint density at radius 3 is 3.00 bits per heavy atom. The van der Waals surface area contributed by atoms with E-state index in [1.54, 1.807) is 7.11 Å². The Kier molecular flexibility index (Phi) is 3.97. The van der Waals surface area contributed by atoms with Gasteiger partial charge in [-0.05, 0) is 25.0 Å². The molecule has 1 aromatic rings. The second-order valence-corrected chi connectivity index (χ2v) is 4.33. The average Bonchev–Trinajstić information content (AvgIpc) is 2.81. The molecule has 1 N–H and O–H groups in total. The molecule has 1 fully saturated rings. The van der Waals surface area contributed by atoms with Gasteiger partial charge in [0, 0.05) is 18.0 Å². The molecule has 0 radical (unpaired) electrons. The highest BCUT2D eigenvalue weighted by Gasteiger charge is 2.17. The molecule has 18 heavy (non-hydrogen) atoms. The SMILES string of the molecule is CCc1ccc(/C=C\[C@H]2CCC(=O)N2)nc1OC. The van der Waals surface area contributed by atoms with Crippen LogP contribution in [0.3, 0.4) is 0 Å². The summed E-state index contributed by atoms with van der Waals surface area (Å²) in [4.78, 5) is 15.5. The van der Waals surface area contributed by atoms with Crippen LogP contribution in [0.5, 0.6) is 5.88 Å². The molecule has 1 atom stereocenters. The van der Waals surface area contributed by atoms with E-state index in [1.165, 1.54) is 0 Å². The van der Waals surface area contributed by atoms with Crippen LogP contribution >= 0.6 is 0 Å². The van der Waals surface area contributed by atoms with Gasteiger partial charge in [0.2, 0.25) is 11.8 Å². The molecule has 2 rings (SSSR count). The van der Waals surface area contributed by atoms with Gasteiger partial charge in [0.05, 0.1) is 12.8 Å². The van der Waals surface area contributed by atoms with E-state index in [2.05, 4.69) is 17.2 Å². The number of aromatic nitrogens is 1. The number of methoxy groups -OCH3 is 1. The number of carbonyl (C=O) groups excluding carboxylic acids is 1. The summed E-state index contributed by atoms with van der Waals surface area (Å²) < 4.78 is 5.25. The van der Waals surface area contributed by atoms with E-state index < -0.39 is 0 Å². The third-order valence-electron chi connectivity index (χ3n) is 3.06. The second-order valence-electron chi connectivity index (χ2n) is 4.33. The molecule has 1 aliphatic heterocycles. The molecule has 4 heteroatoms. The number of nitrogens with zero attached hydrogens (tertiary/aromatic N) is 1. The predicted molar refractivity (Wildman–Crippen MR) is 70.4 cm³/mol. The maximum atomic E-state index is 11.1. The molecular weight excluding hydrogens is 228 g/mol. The van der Waals surface area contributed by atoms with Crippen LogP contribution in [0.25, 0.3) is 6.08 Å². The van der Waals surface area contributed by atoms with Crippen molar-refractivity contribution < 1.29 is 9.53 Å². The first kappa shape index (κ1) is 12.6. The zero-order valence-corrected chi connectivity index (χ0v) is 10.8. The van der Waals surface area contributed by atoms with Crippen LogP contribution in [0.15, 0.2) is 18.2 Å². The number of hydrogen-bond donors (Lipinski definition) is 1. The molecule has 0 aliphatic carbocycles. The maximum Gasteiger partial charge on any atom is 0.220 e. The molecule has 1 aliphatic rings. The number of pyridine rings is 1. The normalized spacial score (nSPS) is 19.2. The van der Waals surface area contributed by atoms with Crippen molar-refractivity contribution >= 4 is 12.0 Å². The van der Waals surface area contributed by atoms with Crippen LogP contribution in [0.2, 0.25) is 0 Å². The molecule has 0 unspecified atom stereocenters. The molecule has 4 nitrogen and oxygen atoms in total. The molecule has 0 saturated carbocycles. The summed E-state index contributed by atoms with van der Waals surface area (Å²) in [5, 5.41) is 2.89. The van der Waals surface area contributed by atoms with Crippen LogP contribution in [0.4, 0.5) is 0 Å². The van der Waals surface area contributed by atoms with Crippen LogP contribution < -0.4 is 10.1 Å². The van der Waals surface area contributed by atoms with Gasteiger partial charge in [-0.2, -0.15) is 0 Å². The van der Waals surface area contributed by atoms with Crippen molar-refractivity contribution in [2.24, 2.45) is 0 Å². The van der Waals surface area contributed by atoms with E-state index in [0.29, 0.717) is 12.3 Å². The summed E-state index contributed by atoms with van der Waals surface area (Å²) in [6.45, 7) is 2.07. The van der Waals surface area contributed by atoms with E-state index in [9.17, 15) is 4.79 Å². The standard InChI is InChI=1S/C14H18N2O2/c1-3-10-4-5-12(16-14(10)18-2)7-6-11-8-9-13(17)15-11/h4-7,11H,3,8-9H2,1-2H3,(H,15,17)/b7-6-/t11-/m0/s1. The smallest absolute Gasteiger partial charge is 0.220 e. The maximum absolute atomic E-state index is 11.1. The minimum atomic E-state index is 0.122. The molecule has 96 valence electrons. The van der Waals surface area contributed by atoms with Gasteiger partial charge in [0.1, 0.15) is 0 Å². The molecule has 0 bridgehead atoms. The summed E-state index contributed by atoms with van der Waals surface area (Å²) in [5.41, 5.74) is 1.95. The number of aryl methyl sites for hydroxylation is 1. The Hall–Kier alpha value is -1.84. The van der Waals surface area contributed by atoms with Crippen LogP contribution in [-0.4, -0.2) is 24.0 Å². The summed E-state index contributed by atoms with van der Waals surface area (Å²) in [7, 11) is 1.63. The van der Waals surface area contributed by atoms with Crippen LogP contribution in [0.1, 0.15) is 31.0 Å². The van der Waals surface area contributed by atoms with E-state index in [-0.39, 0.29) is 11.9 Å². The van der Waals surface area contributed by atoms with Crippen molar-refractivity contribution in [2.75, 3.05) is 7.11 Å². The van der Waals surface area contributed by atoms with Crippen molar-refractivity contribution in [1.29, 1.82) is 0 Å². The minimum Gasteiger partial charge on any atom is -0.481 e. The molecule has 0 aromatic carbocycles. The first-order valence-electron chi connectivity index (χ1n) is 6.24. The number of amides is 1. The molecule has 0 spiro atoms. The van der Waals surface area contributed by atoms with Gasteiger partial charge >= 0.3 is 0 Å². The summed E-state index contributed by atoms with van der Waals surface area (Å²) in [5.74, 6) is 0.798. The lowest BCUT2D eigenvalue weighted by atomic mass is 10.1. The Bertz CT molecular complexity index is 469. The Balaban J connectivity index is 2.09. The highest BCUT2D eigenvalue weighted by Crippen LogP contribution is 2.17. The zero-order chi connectivity index (χ0) is 13.0. The topological polar surface area (TPSA) is 51.2 Å². The first-order valence-corrected chi connectivity index (χ1v) is 6.24. The average molecular weight is 246 g/mol. The third-order valence-corrected chi connectivity index (χ3v) is 3.06. The molecule has 1 saturated heterocycles. The van der Waals surface area contributed by atoms with Gasteiger partial charge in [0.15, 0.2) is 0 Å². The lowest BCUT2D eigenvalue weighted by Crippen LogP contribution is -2.22. The highest BCUT2D eigenvalue weighted by molar-refractivity contribution is 5.79. The van der Waals surface area contributed by atoms with Gasteiger partial charge < -0.3 is 10.1 Å². The fourth-order valence-corrected chi connectivity index (χ4v) is 2.02. The van der Waals surface area contributed by atoms with Gasteiger partial charge in [-0.3, -0.25) is 4.79 Å². The monoisotopic (exact) mass is 246 g/mol. The number of carbonyl (C=O) groups is 1. The van der Waals surface area contributed by atoms with E-state index in [1.807, 2.05) is 24.3 Å². The minimum absolute atomic E-state index is 0.122. The van der Waals surface area contributed by atoms with Crippen LogP contribution in [-0.2, 0) is 11.2 Å². The van der Waals surface area contributed by atoms with Crippen molar-refractivity contribution in [1.82, 2.24) is 10.3 Å². The van der Waals surface area contributed by atoms with Crippen molar-refractivity contribution in [3.8, 4) is 5.88 Å². The number of rotatable bonds is 4. The number of nitrogens with one attached hydrogen (secondary N) is 1. The number of hydrogen-bond acceptors (Lipinski definition) is 3. The van der Waals surface area contributed by atoms with Gasteiger partial charge in [0.25, 0.3) is 0 Å². The van der Waals surface area contributed by atoms with E-state index in [4.69, 9.17) is 4.74 Å². The van der Waals surface area contributed by atoms with Crippen molar-refractivity contribution in [3.63, 3.8) is 0 Å². The lowest BCUT2D eigenvalue weighted by Gasteiger charge is -2.06. The highest BCUT2D eigenvalue weighted by atomic mass is 16.5. The van der Waals surface area contributed by atoms with Gasteiger partial charge in [-0.1, -0.05) is 19.1 Å². The van der Waals surface area contributed by atoms with E-state index in [0.717, 1.165) is 24.1 Å². The fourth-order valence-electron chi connectivity index (χ4n) is 2.02. The molecule has 1 amide bonds. The molecule has 1 aromatic heterocycles. The Morgan fingerprint density at radius 2 is 2.39 bits per heavy atom. The fraction of sp³-hybridized carbons (Fsp3) is 0.429. The van der Waals surface area contributed by atoms with Crippen molar-refractivity contribution in [2.45, 2.75) is 32.2 Å². The van der Waals surface area contributed by atoms with E-state index >= 15 is 0 Å². The summed E-state index contributed by atoms with van der Waals surface area (Å²) in [6, 6.07) is 4.13. The molecule has 2 heterocycles. The second kappa shape index (κ2) is 5.67.